The SMILES string of the molecule is COc1cc(CCNC(=S)Nc2ccccc2F)c([N+](=O)[O-])cc1OC. The monoisotopic (exact) mass is 379 g/mol. The molecule has 0 unspecified atom stereocenters. The fourth-order valence-corrected chi connectivity index (χ4v) is 2.53. The first-order valence-electron chi connectivity index (χ1n) is 7.65. The molecule has 0 saturated carbocycles. The van der Waals surface area contributed by atoms with Crippen molar-refractivity contribution < 1.29 is 18.8 Å². The van der Waals surface area contributed by atoms with Crippen LogP contribution in [0.15, 0.2) is 36.4 Å². The first-order chi connectivity index (χ1) is 12.5. The molecule has 26 heavy (non-hydrogen) atoms. The molecular weight excluding hydrogens is 361 g/mol. The Balaban J connectivity index is 2.03. The van der Waals surface area contributed by atoms with Gasteiger partial charge in [0, 0.05) is 12.1 Å². The third-order valence-corrected chi connectivity index (χ3v) is 3.83. The van der Waals surface area contributed by atoms with Crippen LogP contribution in [-0.4, -0.2) is 30.8 Å². The lowest BCUT2D eigenvalue weighted by Gasteiger charge is -2.13. The molecule has 2 aromatic rings. The van der Waals surface area contributed by atoms with Crippen molar-refractivity contribution in [3.8, 4) is 11.5 Å². The number of nitro groups is 1. The van der Waals surface area contributed by atoms with Crippen molar-refractivity contribution in [2.75, 3.05) is 26.1 Å². The van der Waals surface area contributed by atoms with E-state index in [1.807, 2.05) is 0 Å². The molecule has 0 radical (unpaired) electrons. The van der Waals surface area contributed by atoms with Crippen LogP contribution in [0.2, 0.25) is 0 Å². The van der Waals surface area contributed by atoms with E-state index in [1.54, 1.807) is 24.3 Å². The van der Waals surface area contributed by atoms with Gasteiger partial charge in [-0.25, -0.2) is 4.39 Å². The predicted molar refractivity (Wildman–Crippen MR) is 101 cm³/mol. The molecule has 0 atom stereocenters. The van der Waals surface area contributed by atoms with Crippen molar-refractivity contribution in [3.05, 3.63) is 57.9 Å². The Kier molecular flexibility index (Phi) is 6.67. The molecule has 2 rings (SSSR count). The number of halogens is 1. The van der Waals surface area contributed by atoms with Gasteiger partial charge in [-0.3, -0.25) is 10.1 Å². The van der Waals surface area contributed by atoms with Gasteiger partial charge in [-0.05, 0) is 36.8 Å². The summed E-state index contributed by atoms with van der Waals surface area (Å²) in [6.07, 6.45) is 0.315. The van der Waals surface area contributed by atoms with Crippen LogP contribution >= 0.6 is 12.2 Å². The molecule has 0 fully saturated rings. The summed E-state index contributed by atoms with van der Waals surface area (Å²) in [5.74, 6) is 0.264. The van der Waals surface area contributed by atoms with Crippen molar-refractivity contribution in [2.24, 2.45) is 0 Å². The standard InChI is InChI=1S/C17H18FN3O4S/c1-24-15-9-11(14(21(22)23)10-16(15)25-2)7-8-19-17(26)20-13-6-4-3-5-12(13)18/h3-6,9-10H,7-8H2,1-2H3,(H2,19,20,26). The summed E-state index contributed by atoms with van der Waals surface area (Å²) < 4.78 is 23.9. The normalized spacial score (nSPS) is 10.1. The number of nitro benzene ring substituents is 1. The van der Waals surface area contributed by atoms with Crippen LogP contribution in [0, 0.1) is 15.9 Å². The summed E-state index contributed by atoms with van der Waals surface area (Å²) in [6, 6.07) is 9.02. The lowest BCUT2D eigenvalue weighted by Crippen LogP contribution is -2.30. The molecule has 0 bridgehead atoms. The molecule has 2 aromatic carbocycles. The van der Waals surface area contributed by atoms with Crippen molar-refractivity contribution in [1.82, 2.24) is 5.32 Å². The summed E-state index contributed by atoms with van der Waals surface area (Å²) in [4.78, 5) is 10.8. The number of anilines is 1. The summed E-state index contributed by atoms with van der Waals surface area (Å²) in [6.45, 7) is 0.316. The van der Waals surface area contributed by atoms with Gasteiger partial charge in [0.25, 0.3) is 5.69 Å². The molecule has 7 nitrogen and oxygen atoms in total. The average Bonchev–Trinajstić information content (AvgIpc) is 2.62. The number of methoxy groups -OCH3 is 2. The van der Waals surface area contributed by atoms with Gasteiger partial charge >= 0.3 is 0 Å². The van der Waals surface area contributed by atoms with Gasteiger partial charge in [-0.15, -0.1) is 0 Å². The zero-order valence-corrected chi connectivity index (χ0v) is 15.1. The highest BCUT2D eigenvalue weighted by Crippen LogP contribution is 2.34. The van der Waals surface area contributed by atoms with Crippen LogP contribution in [0.1, 0.15) is 5.56 Å². The van der Waals surface area contributed by atoms with Crippen LogP contribution in [0.25, 0.3) is 0 Å². The maximum atomic E-state index is 13.6. The molecule has 2 N–H and O–H groups in total. The van der Waals surface area contributed by atoms with Gasteiger partial charge in [0.15, 0.2) is 16.6 Å². The maximum Gasteiger partial charge on any atom is 0.276 e. The van der Waals surface area contributed by atoms with E-state index in [4.69, 9.17) is 21.7 Å². The quantitative estimate of drug-likeness (QED) is 0.434. The van der Waals surface area contributed by atoms with Crippen LogP contribution in [0.3, 0.4) is 0 Å². The topological polar surface area (TPSA) is 85.7 Å². The van der Waals surface area contributed by atoms with Crippen LogP contribution in [0.4, 0.5) is 15.8 Å². The molecule has 9 heteroatoms. The molecule has 0 aliphatic rings. The molecule has 0 amide bonds. The van der Waals surface area contributed by atoms with E-state index in [2.05, 4.69) is 10.6 Å². The van der Waals surface area contributed by atoms with Gasteiger partial charge in [0.05, 0.1) is 30.9 Å². The molecule has 138 valence electrons. The fourth-order valence-electron chi connectivity index (χ4n) is 2.32. The number of benzene rings is 2. The molecule has 0 spiro atoms. The zero-order valence-electron chi connectivity index (χ0n) is 14.2. The van der Waals surface area contributed by atoms with Gasteiger partial charge in [0.1, 0.15) is 5.82 Å². The smallest absolute Gasteiger partial charge is 0.276 e. The Morgan fingerprint density at radius 2 is 1.88 bits per heavy atom. The summed E-state index contributed by atoms with van der Waals surface area (Å²) in [5, 5.41) is 17.1. The van der Waals surface area contributed by atoms with Crippen LogP contribution in [0.5, 0.6) is 11.5 Å². The van der Waals surface area contributed by atoms with Gasteiger partial charge in [-0.2, -0.15) is 0 Å². The number of nitrogens with zero attached hydrogens (tertiary/aromatic N) is 1. The highest BCUT2D eigenvalue weighted by atomic mass is 32.1. The van der Waals surface area contributed by atoms with Gasteiger partial charge < -0.3 is 20.1 Å². The van der Waals surface area contributed by atoms with E-state index in [0.29, 0.717) is 24.3 Å². The maximum absolute atomic E-state index is 13.6. The highest BCUT2D eigenvalue weighted by Gasteiger charge is 2.19. The minimum Gasteiger partial charge on any atom is -0.493 e. The molecule has 0 aliphatic carbocycles. The summed E-state index contributed by atoms with van der Waals surface area (Å²) >= 11 is 5.12. The third kappa shape index (κ3) is 4.79. The van der Waals surface area contributed by atoms with E-state index < -0.39 is 10.7 Å². The number of ether oxygens (including phenoxy) is 2. The average molecular weight is 379 g/mol. The largest absolute Gasteiger partial charge is 0.493 e. The van der Waals surface area contributed by atoms with E-state index in [1.165, 1.54) is 26.4 Å². The Morgan fingerprint density at radius 1 is 1.23 bits per heavy atom. The van der Waals surface area contributed by atoms with Crippen molar-refractivity contribution in [1.29, 1.82) is 0 Å². The molecule has 0 heterocycles. The Labute approximate surface area is 155 Å². The Morgan fingerprint density at radius 3 is 2.50 bits per heavy atom. The minimum atomic E-state index is -0.479. The Bertz CT molecular complexity index is 817. The van der Waals surface area contributed by atoms with Crippen molar-refractivity contribution in [2.45, 2.75) is 6.42 Å². The molecule has 0 saturated heterocycles. The third-order valence-electron chi connectivity index (χ3n) is 3.58. The number of thiocarbonyl (C=S) groups is 1. The number of nitrogens with one attached hydrogen (secondary N) is 2. The lowest BCUT2D eigenvalue weighted by molar-refractivity contribution is -0.385. The second kappa shape index (κ2) is 8.95. The van der Waals surface area contributed by atoms with E-state index >= 15 is 0 Å². The van der Waals surface area contributed by atoms with Crippen LogP contribution in [-0.2, 0) is 6.42 Å². The summed E-state index contributed by atoms with van der Waals surface area (Å²) in [7, 11) is 2.87. The number of rotatable bonds is 7. The van der Waals surface area contributed by atoms with E-state index in [-0.39, 0.29) is 22.2 Å². The van der Waals surface area contributed by atoms with Gasteiger partial charge in [0.2, 0.25) is 0 Å². The number of hydrogen-bond donors (Lipinski definition) is 2. The predicted octanol–water partition coefficient (Wildman–Crippen LogP) is 3.28. The first-order valence-corrected chi connectivity index (χ1v) is 8.05. The van der Waals surface area contributed by atoms with E-state index in [9.17, 15) is 14.5 Å². The lowest BCUT2D eigenvalue weighted by atomic mass is 10.1. The summed E-state index contributed by atoms with van der Waals surface area (Å²) in [5.41, 5.74) is 0.647. The Hall–Kier alpha value is -2.94. The number of hydrogen-bond acceptors (Lipinski definition) is 5. The van der Waals surface area contributed by atoms with Gasteiger partial charge in [-0.1, -0.05) is 12.1 Å². The first kappa shape index (κ1) is 19.4. The van der Waals surface area contributed by atoms with Crippen LogP contribution < -0.4 is 20.1 Å². The molecule has 0 aromatic heterocycles. The molecule has 0 aliphatic heterocycles. The van der Waals surface area contributed by atoms with E-state index in [0.717, 1.165) is 0 Å². The van der Waals surface area contributed by atoms with Crippen molar-refractivity contribution in [3.63, 3.8) is 0 Å². The fraction of sp³-hybridized carbons (Fsp3) is 0.235. The van der Waals surface area contributed by atoms with Crippen molar-refractivity contribution >= 4 is 28.7 Å². The highest BCUT2D eigenvalue weighted by molar-refractivity contribution is 7.80. The zero-order chi connectivity index (χ0) is 19.1. The minimum absolute atomic E-state index is 0.0718. The molecular formula is C17H18FN3O4S. The second-order valence-electron chi connectivity index (χ2n) is 5.20. The number of para-hydroxylation sites is 1. The second-order valence-corrected chi connectivity index (χ2v) is 5.61.